The molecule has 4 aliphatic rings. The summed E-state index contributed by atoms with van der Waals surface area (Å²) in [5, 5.41) is 46.6. The van der Waals surface area contributed by atoms with Gasteiger partial charge in [-0.05, 0) is 62.6 Å². The Morgan fingerprint density at radius 1 is 1.07 bits per heavy atom. The van der Waals surface area contributed by atoms with E-state index in [0.717, 1.165) is 22.3 Å². The Kier molecular flexibility index (Phi) is 8.84. The number of phenolic OH excluding ortho intramolecular Hbond substituents is 3. The van der Waals surface area contributed by atoms with E-state index in [4.69, 9.17) is 14.2 Å². The first kappa shape index (κ1) is 32.7. The maximum Gasteiger partial charge on any atom is 0.231 e. The maximum atomic E-state index is 13.3. The first-order chi connectivity index (χ1) is 21.6. The molecule has 0 spiro atoms. The smallest absolute Gasteiger partial charge is 0.231 e. The van der Waals surface area contributed by atoms with Crippen molar-refractivity contribution in [1.82, 2.24) is 15.1 Å². The Bertz CT molecular complexity index is 1760. The second-order valence-corrected chi connectivity index (χ2v) is 12.4. The van der Waals surface area contributed by atoms with Gasteiger partial charge in [-0.15, -0.1) is 0 Å². The zero-order valence-electron chi connectivity index (χ0n) is 26.2. The average Bonchev–Trinajstić information content (AvgIpc) is 3.50. The van der Waals surface area contributed by atoms with Gasteiger partial charge in [-0.2, -0.15) is 5.26 Å². The minimum atomic E-state index is -0.567. The molecule has 11 nitrogen and oxygen atoms in total. The number of carbonyl (C=O) groups excluding carboxylic acids is 1. The van der Waals surface area contributed by atoms with Crippen LogP contribution in [0.2, 0.25) is 0 Å². The first-order valence-corrected chi connectivity index (χ1v) is 15.1. The molecule has 0 aromatic heterocycles. The van der Waals surface area contributed by atoms with Gasteiger partial charge in [0.2, 0.25) is 12.7 Å². The first-order valence-electron chi connectivity index (χ1n) is 15.1. The van der Waals surface area contributed by atoms with Crippen molar-refractivity contribution in [1.29, 1.82) is 5.26 Å². The predicted molar refractivity (Wildman–Crippen MR) is 163 cm³/mol. The molecular formula is C34H36AcN4O7. The number of phenols is 3. The Labute approximate surface area is 303 Å². The molecule has 0 saturated carbocycles. The van der Waals surface area contributed by atoms with Crippen LogP contribution in [0.25, 0.3) is 0 Å². The molecule has 1 saturated heterocycles. The summed E-state index contributed by atoms with van der Waals surface area (Å²) >= 11 is 0. The number of hydrogen-bond acceptors (Lipinski definition) is 10. The minimum Gasteiger partial charge on any atom is -0.508 e. The number of piperazine rings is 1. The summed E-state index contributed by atoms with van der Waals surface area (Å²) in [5.74, 6) is 1.52. The van der Waals surface area contributed by atoms with Crippen molar-refractivity contribution in [3.8, 4) is 40.6 Å². The molecule has 12 heteroatoms. The third-order valence-corrected chi connectivity index (χ3v) is 10.1. The number of aryl methyl sites for hydroxylation is 1. The van der Waals surface area contributed by atoms with Crippen molar-refractivity contribution in [3.63, 3.8) is 0 Å². The number of aromatic hydroxyl groups is 3. The molecule has 2 bridgehead atoms. The van der Waals surface area contributed by atoms with Crippen LogP contribution in [-0.2, 0) is 24.1 Å². The molecule has 1 fully saturated rings. The quantitative estimate of drug-likeness (QED) is 0.302. The van der Waals surface area contributed by atoms with Gasteiger partial charge in [0, 0.05) is 84.9 Å². The molecule has 3 aromatic carbocycles. The number of likely N-dealkylation sites (N-methyl/N-ethyl adjacent to an activating group) is 1. The molecule has 7 rings (SSSR count). The largest absolute Gasteiger partial charge is 0.508 e. The van der Waals surface area contributed by atoms with E-state index >= 15 is 0 Å². The van der Waals surface area contributed by atoms with E-state index in [1.54, 1.807) is 38.3 Å². The van der Waals surface area contributed by atoms with Crippen molar-refractivity contribution >= 4 is 5.91 Å². The summed E-state index contributed by atoms with van der Waals surface area (Å²) in [6.45, 7) is 3.85. The van der Waals surface area contributed by atoms with Crippen LogP contribution in [0, 0.1) is 69.2 Å². The maximum absolute atomic E-state index is 13.3. The molecule has 4 aliphatic heterocycles. The zero-order valence-corrected chi connectivity index (χ0v) is 30.9. The number of benzene rings is 3. The Morgan fingerprint density at radius 3 is 2.48 bits per heavy atom. The van der Waals surface area contributed by atoms with Gasteiger partial charge in [-0.3, -0.25) is 14.6 Å². The Balaban J connectivity index is 0.00000372. The molecule has 237 valence electrons. The number of ether oxygens (including phenoxy) is 3. The number of methoxy groups -OCH3 is 1. The van der Waals surface area contributed by atoms with E-state index in [1.807, 2.05) is 20.0 Å². The Morgan fingerprint density at radius 2 is 1.78 bits per heavy atom. The van der Waals surface area contributed by atoms with Gasteiger partial charge in [-0.25, -0.2) is 0 Å². The minimum absolute atomic E-state index is 0. The van der Waals surface area contributed by atoms with Crippen LogP contribution in [0.15, 0.2) is 30.3 Å². The topological polar surface area (TPSA) is 148 Å². The number of fused-ring (bicyclic) bond motifs is 9. The van der Waals surface area contributed by atoms with E-state index in [0.29, 0.717) is 46.8 Å². The third-order valence-electron chi connectivity index (χ3n) is 10.1. The fourth-order valence-electron chi connectivity index (χ4n) is 8.11. The second-order valence-electron chi connectivity index (χ2n) is 12.4. The van der Waals surface area contributed by atoms with Crippen molar-refractivity contribution in [2.24, 2.45) is 0 Å². The van der Waals surface area contributed by atoms with Gasteiger partial charge >= 0.3 is 0 Å². The number of nitrogens with zero attached hydrogens (tertiary/aromatic N) is 3. The number of rotatable bonds is 5. The molecule has 1 radical (unpaired) electrons. The number of nitrogens with one attached hydrogen (secondary N) is 1. The SMILES string of the molecule is COc1c(C)cc2c(c1O)C1C3Cc4c(O)c(C)c5c(c4[C@H](CNC(=O)Cc4ccc(O)cc4)N3C(C#N)C(C2)N1C)OCO5.[Ac]. The molecule has 46 heavy (non-hydrogen) atoms. The number of hydrogen-bond donors (Lipinski definition) is 4. The standard InChI is InChI=1S/C34H36N4O7.Ac/c1-16-9-19-11-22-24(13-35)38-23(29(37(22)3)27(19)31(42)32(16)43-4)12-21-28(34-33(44-15-45-34)17(2)30(21)41)25(38)14-36-26(40)10-18-5-7-20(39)8-6-18;/h5-9,22-25,29,39,41-42H,10-12,14-15H2,1-4H3,(H,36,40);/t22?,23?,24?,25-,29?;/m0./s1. The van der Waals surface area contributed by atoms with E-state index in [9.17, 15) is 25.4 Å². The van der Waals surface area contributed by atoms with Gasteiger partial charge in [-0.1, -0.05) is 18.2 Å². The summed E-state index contributed by atoms with van der Waals surface area (Å²) in [4.78, 5) is 17.6. The van der Waals surface area contributed by atoms with Crippen LogP contribution in [-0.4, -0.2) is 76.6 Å². The van der Waals surface area contributed by atoms with Gasteiger partial charge in [0.15, 0.2) is 23.0 Å². The molecule has 4 heterocycles. The van der Waals surface area contributed by atoms with Crippen LogP contribution >= 0.6 is 0 Å². The van der Waals surface area contributed by atoms with Crippen molar-refractivity contribution < 1.29 is 78.4 Å². The number of amides is 1. The van der Waals surface area contributed by atoms with E-state index in [2.05, 4.69) is 21.2 Å². The van der Waals surface area contributed by atoms with Gasteiger partial charge in [0.1, 0.15) is 17.5 Å². The molecule has 4 unspecified atom stereocenters. The molecule has 4 N–H and O–H groups in total. The van der Waals surface area contributed by atoms with Crippen molar-refractivity contribution in [2.45, 2.75) is 63.3 Å². The molecule has 5 atom stereocenters. The van der Waals surface area contributed by atoms with Crippen LogP contribution in [0.1, 0.15) is 51.0 Å². The molecule has 0 aliphatic carbocycles. The van der Waals surface area contributed by atoms with Crippen molar-refractivity contribution in [2.75, 3.05) is 27.5 Å². The third kappa shape index (κ3) is 4.99. The summed E-state index contributed by atoms with van der Waals surface area (Å²) in [7, 11) is 3.53. The van der Waals surface area contributed by atoms with Crippen LogP contribution < -0.4 is 19.5 Å². The van der Waals surface area contributed by atoms with Crippen LogP contribution in [0.4, 0.5) is 0 Å². The predicted octanol–water partition coefficient (Wildman–Crippen LogP) is 3.29. The summed E-state index contributed by atoms with van der Waals surface area (Å²) in [6, 6.07) is 9.14. The van der Waals surface area contributed by atoms with Crippen LogP contribution in [0.5, 0.6) is 34.5 Å². The van der Waals surface area contributed by atoms with Crippen LogP contribution in [0.3, 0.4) is 0 Å². The van der Waals surface area contributed by atoms with E-state index in [1.165, 1.54) is 0 Å². The number of carbonyl (C=O) groups is 1. The van der Waals surface area contributed by atoms with Gasteiger partial charge in [0.25, 0.3) is 0 Å². The average molecular weight is 840 g/mol. The summed E-state index contributed by atoms with van der Waals surface area (Å²) in [5.41, 5.74) is 5.29. The molecular weight excluding hydrogens is 803 g/mol. The summed E-state index contributed by atoms with van der Waals surface area (Å²) < 4.78 is 17.4. The second kappa shape index (κ2) is 12.4. The fourth-order valence-corrected chi connectivity index (χ4v) is 8.11. The van der Waals surface area contributed by atoms with E-state index in [-0.39, 0.29) is 105 Å². The van der Waals surface area contributed by atoms with Gasteiger partial charge in [0.05, 0.1) is 31.7 Å². The van der Waals surface area contributed by atoms with E-state index < -0.39 is 12.1 Å². The number of nitriles is 1. The monoisotopic (exact) mass is 839 g/mol. The fraction of sp³-hybridized carbons (Fsp3) is 0.412. The van der Waals surface area contributed by atoms with Crippen molar-refractivity contribution in [3.05, 3.63) is 69.3 Å². The normalized spacial score (nSPS) is 24.1. The molecule has 1 amide bonds. The zero-order chi connectivity index (χ0) is 31.7. The molecule has 3 aromatic rings. The Hall–Kier alpha value is -3.22. The summed E-state index contributed by atoms with van der Waals surface area (Å²) in [6.07, 6.45) is 1.04. The van der Waals surface area contributed by atoms with Gasteiger partial charge < -0.3 is 34.8 Å².